The quantitative estimate of drug-likeness (QED) is 0.827. The lowest BCUT2D eigenvalue weighted by atomic mass is 10.1. The second-order valence-corrected chi connectivity index (χ2v) is 6.82. The summed E-state index contributed by atoms with van der Waals surface area (Å²) in [6, 6.07) is 12.8. The van der Waals surface area contributed by atoms with Gasteiger partial charge in [-0.15, -0.1) is 0 Å². The Morgan fingerprint density at radius 2 is 1.96 bits per heavy atom. The van der Waals surface area contributed by atoms with Gasteiger partial charge in [0.05, 0.1) is 7.11 Å². The number of likely N-dealkylation sites (N-methyl/N-ethyl adjacent to an activating group) is 1. The van der Waals surface area contributed by atoms with Crippen molar-refractivity contribution >= 4 is 5.82 Å². The van der Waals surface area contributed by atoms with Crippen molar-refractivity contribution < 1.29 is 4.74 Å². The normalized spacial score (nSPS) is 16.5. The van der Waals surface area contributed by atoms with E-state index in [0.717, 1.165) is 50.8 Å². The van der Waals surface area contributed by atoms with E-state index >= 15 is 0 Å². The molecule has 0 saturated carbocycles. The highest BCUT2D eigenvalue weighted by Gasteiger charge is 2.17. The number of aromatic nitrogens is 1. The number of nitrogens with zero attached hydrogens (tertiary/aromatic N) is 3. The third kappa shape index (κ3) is 4.74. The lowest BCUT2D eigenvalue weighted by molar-refractivity contribution is 0.270. The van der Waals surface area contributed by atoms with E-state index in [9.17, 15) is 0 Å². The van der Waals surface area contributed by atoms with Crippen molar-refractivity contribution in [2.45, 2.75) is 26.4 Å². The van der Waals surface area contributed by atoms with Crippen molar-refractivity contribution in [3.05, 3.63) is 53.7 Å². The van der Waals surface area contributed by atoms with Crippen molar-refractivity contribution in [3.8, 4) is 5.75 Å². The van der Waals surface area contributed by atoms with Crippen LogP contribution in [-0.4, -0.2) is 49.7 Å². The second kappa shape index (κ2) is 9.01. The number of hydrogen-bond acceptors (Lipinski definition) is 5. The Kier molecular flexibility index (Phi) is 6.47. The Hall–Kier alpha value is -2.11. The molecule has 3 rings (SSSR count). The smallest absolute Gasteiger partial charge is 0.128 e. The molecule has 1 aromatic heterocycles. The first kappa shape index (κ1) is 18.7. The highest BCUT2D eigenvalue weighted by atomic mass is 16.5. The van der Waals surface area contributed by atoms with E-state index < -0.39 is 0 Å². The van der Waals surface area contributed by atoms with E-state index in [1.807, 2.05) is 18.3 Å². The fourth-order valence-electron chi connectivity index (χ4n) is 3.34. The molecule has 1 atom stereocenters. The summed E-state index contributed by atoms with van der Waals surface area (Å²) in [7, 11) is 1.70. The standard InChI is InChI=1S/C21H30N4O/c1-4-24-10-12-25(13-11-24)21-14-18(8-9-22-21)16-23-17(2)19-6-5-7-20(15-19)26-3/h5-9,14-15,17,23H,4,10-13,16H2,1-3H3/t17-/m1/s1. The third-order valence-electron chi connectivity index (χ3n) is 5.16. The molecule has 1 aliphatic heterocycles. The summed E-state index contributed by atoms with van der Waals surface area (Å²) < 4.78 is 5.32. The average molecular weight is 354 g/mol. The fraction of sp³-hybridized carbons (Fsp3) is 0.476. The average Bonchev–Trinajstić information content (AvgIpc) is 2.72. The number of pyridine rings is 1. The van der Waals surface area contributed by atoms with Crippen molar-refractivity contribution in [1.29, 1.82) is 0 Å². The van der Waals surface area contributed by atoms with Gasteiger partial charge in [0.25, 0.3) is 0 Å². The monoisotopic (exact) mass is 354 g/mol. The van der Waals surface area contributed by atoms with Gasteiger partial charge in [0.15, 0.2) is 0 Å². The van der Waals surface area contributed by atoms with Crippen LogP contribution in [0.25, 0.3) is 0 Å². The SMILES string of the molecule is CCN1CCN(c2cc(CN[C@H](C)c3cccc(OC)c3)ccn2)CC1. The molecule has 0 bridgehead atoms. The minimum Gasteiger partial charge on any atom is -0.497 e. The van der Waals surface area contributed by atoms with Crippen LogP contribution in [0.2, 0.25) is 0 Å². The van der Waals surface area contributed by atoms with E-state index in [1.165, 1.54) is 11.1 Å². The summed E-state index contributed by atoms with van der Waals surface area (Å²) in [5, 5.41) is 3.60. The number of anilines is 1. The van der Waals surface area contributed by atoms with Gasteiger partial charge in [-0.05, 0) is 48.9 Å². The van der Waals surface area contributed by atoms with Crippen LogP contribution in [0.3, 0.4) is 0 Å². The number of rotatable bonds is 7. The largest absolute Gasteiger partial charge is 0.497 e. The van der Waals surface area contributed by atoms with E-state index in [4.69, 9.17) is 4.74 Å². The molecular formula is C21H30N4O. The Morgan fingerprint density at radius 1 is 1.15 bits per heavy atom. The molecule has 26 heavy (non-hydrogen) atoms. The van der Waals surface area contributed by atoms with Crippen LogP contribution in [0.15, 0.2) is 42.6 Å². The summed E-state index contributed by atoms with van der Waals surface area (Å²) in [6.07, 6.45) is 1.93. The zero-order valence-corrected chi connectivity index (χ0v) is 16.1. The van der Waals surface area contributed by atoms with Gasteiger partial charge in [0.1, 0.15) is 11.6 Å². The number of nitrogens with one attached hydrogen (secondary N) is 1. The van der Waals surface area contributed by atoms with Gasteiger partial charge >= 0.3 is 0 Å². The molecule has 0 aliphatic carbocycles. The number of benzene rings is 1. The molecule has 1 N–H and O–H groups in total. The fourth-order valence-corrected chi connectivity index (χ4v) is 3.34. The Morgan fingerprint density at radius 3 is 2.69 bits per heavy atom. The van der Waals surface area contributed by atoms with Crippen LogP contribution in [0.1, 0.15) is 31.0 Å². The molecule has 0 amide bonds. The lowest BCUT2D eigenvalue weighted by Gasteiger charge is -2.34. The summed E-state index contributed by atoms with van der Waals surface area (Å²) >= 11 is 0. The number of piperazine rings is 1. The first-order valence-electron chi connectivity index (χ1n) is 9.49. The van der Waals surface area contributed by atoms with Crippen LogP contribution >= 0.6 is 0 Å². The first-order valence-corrected chi connectivity index (χ1v) is 9.49. The molecule has 1 fully saturated rings. The van der Waals surface area contributed by atoms with E-state index in [1.54, 1.807) is 7.11 Å². The van der Waals surface area contributed by atoms with Crippen molar-refractivity contribution in [1.82, 2.24) is 15.2 Å². The van der Waals surface area contributed by atoms with Crippen molar-refractivity contribution in [3.63, 3.8) is 0 Å². The van der Waals surface area contributed by atoms with Crippen LogP contribution in [0, 0.1) is 0 Å². The molecule has 2 heterocycles. The zero-order valence-electron chi connectivity index (χ0n) is 16.1. The molecule has 5 heteroatoms. The Balaban J connectivity index is 1.58. The highest BCUT2D eigenvalue weighted by Crippen LogP contribution is 2.20. The predicted molar refractivity (Wildman–Crippen MR) is 107 cm³/mol. The molecule has 1 aliphatic rings. The summed E-state index contributed by atoms with van der Waals surface area (Å²) in [5.74, 6) is 1.99. The third-order valence-corrected chi connectivity index (χ3v) is 5.16. The molecule has 0 radical (unpaired) electrons. The van der Waals surface area contributed by atoms with Crippen LogP contribution < -0.4 is 15.0 Å². The molecule has 0 unspecified atom stereocenters. The minimum atomic E-state index is 0.259. The molecule has 5 nitrogen and oxygen atoms in total. The van der Waals surface area contributed by atoms with Gasteiger partial charge < -0.3 is 19.9 Å². The lowest BCUT2D eigenvalue weighted by Crippen LogP contribution is -2.46. The maximum absolute atomic E-state index is 5.32. The van der Waals surface area contributed by atoms with Gasteiger partial charge in [-0.3, -0.25) is 0 Å². The predicted octanol–water partition coefficient (Wildman–Crippen LogP) is 3.08. The van der Waals surface area contributed by atoms with Crippen molar-refractivity contribution in [2.24, 2.45) is 0 Å². The van der Waals surface area contributed by atoms with Gasteiger partial charge in [-0.25, -0.2) is 4.98 Å². The van der Waals surface area contributed by atoms with E-state index in [-0.39, 0.29) is 6.04 Å². The number of methoxy groups -OCH3 is 1. The van der Waals surface area contributed by atoms with E-state index in [2.05, 4.69) is 58.2 Å². The van der Waals surface area contributed by atoms with Crippen molar-refractivity contribution in [2.75, 3.05) is 44.7 Å². The Labute approximate surface area is 157 Å². The number of ether oxygens (including phenoxy) is 1. The molecule has 1 saturated heterocycles. The molecule has 2 aromatic rings. The van der Waals surface area contributed by atoms with Crippen LogP contribution in [-0.2, 0) is 6.54 Å². The van der Waals surface area contributed by atoms with Gasteiger partial charge in [0, 0.05) is 45.0 Å². The molecule has 0 spiro atoms. The topological polar surface area (TPSA) is 40.6 Å². The maximum Gasteiger partial charge on any atom is 0.128 e. The first-order chi connectivity index (χ1) is 12.7. The molecular weight excluding hydrogens is 324 g/mol. The van der Waals surface area contributed by atoms with Gasteiger partial charge in [0.2, 0.25) is 0 Å². The van der Waals surface area contributed by atoms with E-state index in [0.29, 0.717) is 0 Å². The number of hydrogen-bond donors (Lipinski definition) is 1. The van der Waals surface area contributed by atoms with Gasteiger partial charge in [-0.1, -0.05) is 19.1 Å². The molecule has 140 valence electrons. The zero-order chi connectivity index (χ0) is 18.4. The van der Waals surface area contributed by atoms with Crippen LogP contribution in [0.5, 0.6) is 5.75 Å². The maximum atomic E-state index is 5.32. The summed E-state index contributed by atoms with van der Waals surface area (Å²) in [4.78, 5) is 9.46. The van der Waals surface area contributed by atoms with Gasteiger partial charge in [-0.2, -0.15) is 0 Å². The Bertz CT molecular complexity index is 698. The second-order valence-electron chi connectivity index (χ2n) is 6.82. The highest BCUT2D eigenvalue weighted by molar-refractivity contribution is 5.41. The summed E-state index contributed by atoms with van der Waals surface area (Å²) in [6.45, 7) is 10.7. The molecule has 1 aromatic carbocycles. The van der Waals surface area contributed by atoms with Crippen LogP contribution in [0.4, 0.5) is 5.82 Å². The minimum absolute atomic E-state index is 0.259. The summed E-state index contributed by atoms with van der Waals surface area (Å²) in [5.41, 5.74) is 2.50.